The number of carbonyl (C=O) groups is 1. The molecule has 0 aliphatic rings. The molecule has 4 nitrogen and oxygen atoms in total. The highest BCUT2D eigenvalue weighted by Crippen LogP contribution is 2.21. The van der Waals surface area contributed by atoms with Gasteiger partial charge in [-0.2, -0.15) is 0 Å². The van der Waals surface area contributed by atoms with Gasteiger partial charge in [-0.15, -0.1) is 0 Å². The monoisotopic (exact) mass is 357 g/mol. The number of amides is 1. The van der Waals surface area contributed by atoms with E-state index in [-0.39, 0.29) is 6.54 Å². The highest BCUT2D eigenvalue weighted by Gasteiger charge is 2.17. The normalized spacial score (nSPS) is 11.3. The summed E-state index contributed by atoms with van der Waals surface area (Å²) in [6.07, 6.45) is 4.34. The molecule has 0 fully saturated rings. The lowest BCUT2D eigenvalue weighted by atomic mass is 10.1. The lowest BCUT2D eigenvalue weighted by molar-refractivity contribution is 0.0945. The summed E-state index contributed by atoms with van der Waals surface area (Å²) in [7, 11) is 0. The second-order valence-corrected chi connectivity index (χ2v) is 6.68. The van der Waals surface area contributed by atoms with Gasteiger partial charge in [-0.05, 0) is 42.2 Å². The quantitative estimate of drug-likeness (QED) is 0.726. The average molecular weight is 357 g/mol. The number of benzene rings is 1. The van der Waals surface area contributed by atoms with E-state index in [2.05, 4.69) is 28.7 Å². The molecule has 0 saturated heterocycles. The molecule has 6 heteroatoms. The molecule has 1 aromatic carbocycles. The van der Waals surface area contributed by atoms with Gasteiger partial charge in [0.2, 0.25) is 0 Å². The van der Waals surface area contributed by atoms with E-state index < -0.39 is 23.1 Å². The van der Waals surface area contributed by atoms with Crippen LogP contribution >= 0.6 is 0 Å². The second-order valence-electron chi connectivity index (χ2n) is 6.68. The fraction of sp³-hybridized carbons (Fsp3) is 0.300. The number of rotatable bonds is 6. The highest BCUT2D eigenvalue weighted by molar-refractivity contribution is 5.94. The van der Waals surface area contributed by atoms with E-state index in [1.807, 2.05) is 18.3 Å². The Labute approximate surface area is 150 Å². The number of hydrogen-bond donors (Lipinski definition) is 1. The molecule has 0 saturated carbocycles. The molecule has 2 aromatic heterocycles. The summed E-state index contributed by atoms with van der Waals surface area (Å²) < 4.78 is 29.4. The fourth-order valence-corrected chi connectivity index (χ4v) is 3.04. The molecule has 0 spiro atoms. The van der Waals surface area contributed by atoms with Crippen LogP contribution in [0.4, 0.5) is 8.78 Å². The Bertz CT molecular complexity index is 914. The first-order chi connectivity index (χ1) is 12.5. The Morgan fingerprint density at radius 2 is 1.92 bits per heavy atom. The predicted octanol–water partition coefficient (Wildman–Crippen LogP) is 3.94. The second kappa shape index (κ2) is 7.64. The number of aromatic nitrogens is 2. The number of halogens is 2. The van der Waals surface area contributed by atoms with Gasteiger partial charge in [-0.3, -0.25) is 4.79 Å². The predicted molar refractivity (Wildman–Crippen MR) is 97.0 cm³/mol. The van der Waals surface area contributed by atoms with Crippen LogP contribution in [0.5, 0.6) is 0 Å². The molecule has 1 amide bonds. The zero-order chi connectivity index (χ0) is 18.7. The first-order valence-electron chi connectivity index (χ1n) is 8.62. The van der Waals surface area contributed by atoms with Crippen molar-refractivity contribution < 1.29 is 13.6 Å². The van der Waals surface area contributed by atoms with Gasteiger partial charge in [0.25, 0.3) is 5.91 Å². The van der Waals surface area contributed by atoms with Crippen LogP contribution in [0.25, 0.3) is 11.0 Å². The molecular formula is C20H21F2N3O. The van der Waals surface area contributed by atoms with Crippen molar-refractivity contribution in [2.75, 3.05) is 6.54 Å². The summed E-state index contributed by atoms with van der Waals surface area (Å²) in [5.41, 5.74) is 1.40. The molecule has 0 bridgehead atoms. The summed E-state index contributed by atoms with van der Waals surface area (Å²) >= 11 is 0. The van der Waals surface area contributed by atoms with Gasteiger partial charge in [0.15, 0.2) is 0 Å². The Balaban J connectivity index is 1.73. The lowest BCUT2D eigenvalue weighted by Crippen LogP contribution is -2.27. The molecule has 0 aliphatic carbocycles. The molecule has 26 heavy (non-hydrogen) atoms. The van der Waals surface area contributed by atoms with Gasteiger partial charge in [-0.1, -0.05) is 19.9 Å². The van der Waals surface area contributed by atoms with E-state index in [0.29, 0.717) is 12.3 Å². The van der Waals surface area contributed by atoms with Crippen LogP contribution in [0, 0.1) is 17.6 Å². The molecular weight excluding hydrogens is 336 g/mol. The van der Waals surface area contributed by atoms with Crippen LogP contribution in [0.3, 0.4) is 0 Å². The third-order valence-electron chi connectivity index (χ3n) is 4.15. The summed E-state index contributed by atoms with van der Waals surface area (Å²) in [5, 5.41) is 3.62. The standard InChI is InChI=1S/C20H21F2N3O/c1-13(2)11-25-12-14(15-5-4-9-23-19(15)25)8-10-24-20(26)18-16(21)6-3-7-17(18)22/h3-7,9,12-13H,8,10-11H2,1-2H3,(H,24,26). The highest BCUT2D eigenvalue weighted by atomic mass is 19.1. The number of carbonyl (C=O) groups excluding carboxylic acids is 1. The number of hydrogen-bond acceptors (Lipinski definition) is 2. The molecule has 2 heterocycles. The minimum Gasteiger partial charge on any atom is -0.352 e. The molecule has 0 aliphatic heterocycles. The lowest BCUT2D eigenvalue weighted by Gasteiger charge is -2.07. The van der Waals surface area contributed by atoms with Gasteiger partial charge in [-0.25, -0.2) is 13.8 Å². The van der Waals surface area contributed by atoms with Gasteiger partial charge < -0.3 is 9.88 Å². The molecule has 0 radical (unpaired) electrons. The van der Waals surface area contributed by atoms with Crippen molar-refractivity contribution in [3.8, 4) is 0 Å². The van der Waals surface area contributed by atoms with Crippen LogP contribution in [-0.4, -0.2) is 22.0 Å². The molecule has 136 valence electrons. The summed E-state index contributed by atoms with van der Waals surface area (Å²) in [4.78, 5) is 16.5. The number of nitrogens with one attached hydrogen (secondary N) is 1. The van der Waals surface area contributed by atoms with Gasteiger partial charge in [0.1, 0.15) is 22.8 Å². The van der Waals surface area contributed by atoms with Crippen LogP contribution in [0.2, 0.25) is 0 Å². The Hall–Kier alpha value is -2.76. The van der Waals surface area contributed by atoms with Crippen LogP contribution in [0.1, 0.15) is 29.8 Å². The van der Waals surface area contributed by atoms with E-state index in [9.17, 15) is 13.6 Å². The molecule has 3 rings (SSSR count). The van der Waals surface area contributed by atoms with Gasteiger partial charge >= 0.3 is 0 Å². The summed E-state index contributed by atoms with van der Waals surface area (Å²) in [6.45, 7) is 5.40. The van der Waals surface area contributed by atoms with Crippen molar-refractivity contribution in [1.82, 2.24) is 14.9 Å². The zero-order valence-corrected chi connectivity index (χ0v) is 14.8. The van der Waals surface area contributed by atoms with Crippen molar-refractivity contribution in [1.29, 1.82) is 0 Å². The van der Waals surface area contributed by atoms with E-state index in [0.717, 1.165) is 35.3 Å². The van der Waals surface area contributed by atoms with E-state index in [1.165, 1.54) is 6.07 Å². The summed E-state index contributed by atoms with van der Waals surface area (Å²) in [5.74, 6) is -1.99. The summed E-state index contributed by atoms with van der Waals surface area (Å²) in [6, 6.07) is 7.25. The molecule has 3 aromatic rings. The number of nitrogens with zero attached hydrogens (tertiary/aromatic N) is 2. The Morgan fingerprint density at radius 3 is 2.62 bits per heavy atom. The van der Waals surface area contributed by atoms with E-state index in [4.69, 9.17) is 0 Å². The maximum absolute atomic E-state index is 13.7. The Kier molecular flexibility index (Phi) is 5.30. The SMILES string of the molecule is CC(C)Cn1cc(CCNC(=O)c2c(F)cccc2F)c2cccnc21. The number of pyridine rings is 1. The maximum Gasteiger partial charge on any atom is 0.257 e. The minimum absolute atomic E-state index is 0.280. The van der Waals surface area contributed by atoms with Crippen molar-refractivity contribution in [3.63, 3.8) is 0 Å². The van der Waals surface area contributed by atoms with Crippen molar-refractivity contribution in [2.24, 2.45) is 5.92 Å². The van der Waals surface area contributed by atoms with Crippen molar-refractivity contribution >= 4 is 16.9 Å². The topological polar surface area (TPSA) is 46.9 Å². The van der Waals surface area contributed by atoms with E-state index >= 15 is 0 Å². The third kappa shape index (κ3) is 3.74. The van der Waals surface area contributed by atoms with Crippen molar-refractivity contribution in [3.05, 3.63) is 65.5 Å². The zero-order valence-electron chi connectivity index (χ0n) is 14.8. The van der Waals surface area contributed by atoms with Crippen LogP contribution in [-0.2, 0) is 13.0 Å². The van der Waals surface area contributed by atoms with Gasteiger partial charge in [0, 0.05) is 30.9 Å². The fourth-order valence-electron chi connectivity index (χ4n) is 3.04. The van der Waals surface area contributed by atoms with Crippen LogP contribution in [0.15, 0.2) is 42.7 Å². The first kappa shape index (κ1) is 18.0. The smallest absolute Gasteiger partial charge is 0.257 e. The molecule has 1 N–H and O–H groups in total. The van der Waals surface area contributed by atoms with Crippen LogP contribution < -0.4 is 5.32 Å². The Morgan fingerprint density at radius 1 is 1.19 bits per heavy atom. The third-order valence-corrected chi connectivity index (χ3v) is 4.15. The molecule has 0 unspecified atom stereocenters. The molecule has 0 atom stereocenters. The van der Waals surface area contributed by atoms with E-state index in [1.54, 1.807) is 6.20 Å². The van der Waals surface area contributed by atoms with Gasteiger partial charge in [0.05, 0.1) is 0 Å². The largest absolute Gasteiger partial charge is 0.352 e. The number of fused-ring (bicyclic) bond motifs is 1. The average Bonchev–Trinajstić information content (AvgIpc) is 2.92. The first-order valence-corrected chi connectivity index (χ1v) is 8.62. The minimum atomic E-state index is -0.861. The maximum atomic E-state index is 13.7. The van der Waals surface area contributed by atoms with Crippen molar-refractivity contribution in [2.45, 2.75) is 26.8 Å².